The van der Waals surface area contributed by atoms with Crippen LogP contribution in [-0.4, -0.2) is 10.6 Å². The molecule has 16 heavy (non-hydrogen) atoms. The van der Waals surface area contributed by atoms with Gasteiger partial charge in [0.05, 0.1) is 10.6 Å². The van der Waals surface area contributed by atoms with Crippen LogP contribution in [0.1, 0.15) is 32.1 Å². The van der Waals surface area contributed by atoms with Crippen molar-refractivity contribution >= 4 is 17.1 Å². The molecule has 0 bridgehead atoms. The molecule has 0 saturated heterocycles. The highest BCUT2D eigenvalue weighted by Gasteiger charge is 2.08. The summed E-state index contributed by atoms with van der Waals surface area (Å²) in [5.74, 6) is 0. The van der Waals surface area contributed by atoms with Gasteiger partial charge in [0.25, 0.3) is 5.69 Å². The third-order valence-electron chi connectivity index (χ3n) is 2.76. The molecule has 0 heterocycles. The fraction of sp³-hybridized carbons (Fsp3) is 0.417. The predicted molar refractivity (Wildman–Crippen MR) is 63.3 cm³/mol. The first-order chi connectivity index (χ1) is 7.75. The van der Waals surface area contributed by atoms with E-state index in [9.17, 15) is 10.1 Å². The van der Waals surface area contributed by atoms with Crippen LogP contribution in [0.4, 0.5) is 11.4 Å². The Morgan fingerprint density at radius 3 is 2.62 bits per heavy atom. The molecule has 1 aliphatic rings. The molecule has 0 atom stereocenters. The molecule has 1 aromatic carbocycles. The van der Waals surface area contributed by atoms with Crippen molar-refractivity contribution in [3.05, 3.63) is 34.4 Å². The van der Waals surface area contributed by atoms with Gasteiger partial charge in [0.15, 0.2) is 0 Å². The van der Waals surface area contributed by atoms with Gasteiger partial charge in [0, 0.05) is 17.8 Å². The van der Waals surface area contributed by atoms with Crippen LogP contribution in [-0.2, 0) is 0 Å². The van der Waals surface area contributed by atoms with E-state index < -0.39 is 0 Å². The Labute approximate surface area is 94.2 Å². The molecular weight excluding hydrogens is 204 g/mol. The minimum atomic E-state index is -0.384. The summed E-state index contributed by atoms with van der Waals surface area (Å²) < 4.78 is 0. The highest BCUT2D eigenvalue weighted by Crippen LogP contribution is 2.23. The molecule has 0 unspecified atom stereocenters. The van der Waals surface area contributed by atoms with Crippen molar-refractivity contribution in [2.24, 2.45) is 4.99 Å². The zero-order chi connectivity index (χ0) is 11.4. The van der Waals surface area contributed by atoms with Gasteiger partial charge in [-0.1, -0.05) is 12.5 Å². The van der Waals surface area contributed by atoms with Crippen LogP contribution in [0.2, 0.25) is 0 Å². The lowest BCUT2D eigenvalue weighted by atomic mass is 9.98. The third-order valence-corrected chi connectivity index (χ3v) is 2.76. The fourth-order valence-corrected chi connectivity index (χ4v) is 1.93. The summed E-state index contributed by atoms with van der Waals surface area (Å²) in [6.07, 6.45) is 5.71. The maximum Gasteiger partial charge on any atom is 0.271 e. The fourth-order valence-electron chi connectivity index (χ4n) is 1.93. The van der Waals surface area contributed by atoms with E-state index in [0.717, 1.165) is 12.8 Å². The van der Waals surface area contributed by atoms with Gasteiger partial charge in [-0.15, -0.1) is 0 Å². The van der Waals surface area contributed by atoms with Gasteiger partial charge in [0.2, 0.25) is 0 Å². The number of hydrogen-bond acceptors (Lipinski definition) is 3. The predicted octanol–water partition coefficient (Wildman–Crippen LogP) is 3.63. The topological polar surface area (TPSA) is 55.5 Å². The monoisotopic (exact) mass is 218 g/mol. The van der Waals surface area contributed by atoms with Gasteiger partial charge in [-0.3, -0.25) is 15.1 Å². The van der Waals surface area contributed by atoms with E-state index >= 15 is 0 Å². The Morgan fingerprint density at radius 2 is 1.94 bits per heavy atom. The molecule has 0 radical (unpaired) electrons. The molecule has 4 nitrogen and oxygen atoms in total. The first-order valence-electron chi connectivity index (χ1n) is 5.56. The van der Waals surface area contributed by atoms with Gasteiger partial charge in [-0.05, 0) is 31.7 Å². The Morgan fingerprint density at radius 1 is 1.19 bits per heavy atom. The van der Waals surface area contributed by atoms with Crippen LogP contribution >= 0.6 is 0 Å². The second-order valence-corrected chi connectivity index (χ2v) is 4.02. The molecule has 84 valence electrons. The van der Waals surface area contributed by atoms with Gasteiger partial charge in [-0.2, -0.15) is 0 Å². The van der Waals surface area contributed by atoms with E-state index in [0.29, 0.717) is 5.69 Å². The number of aliphatic imine (C=N–C) groups is 1. The Bertz CT molecular complexity index is 419. The quantitative estimate of drug-likeness (QED) is 0.562. The lowest BCUT2D eigenvalue weighted by Gasteiger charge is -2.11. The number of benzene rings is 1. The van der Waals surface area contributed by atoms with Crippen molar-refractivity contribution in [2.75, 3.05) is 0 Å². The smallest absolute Gasteiger partial charge is 0.258 e. The molecule has 0 aliphatic heterocycles. The lowest BCUT2D eigenvalue weighted by molar-refractivity contribution is -0.384. The first kappa shape index (κ1) is 10.8. The maximum atomic E-state index is 10.6. The Balaban J connectivity index is 2.20. The van der Waals surface area contributed by atoms with E-state index in [1.165, 1.54) is 37.1 Å². The normalized spacial score (nSPS) is 15.9. The van der Waals surface area contributed by atoms with Gasteiger partial charge in [0.1, 0.15) is 0 Å². The average Bonchev–Trinajstić information content (AvgIpc) is 2.30. The van der Waals surface area contributed by atoms with Crippen molar-refractivity contribution in [1.82, 2.24) is 0 Å². The number of non-ortho nitro benzene ring substituents is 1. The van der Waals surface area contributed by atoms with Crippen LogP contribution < -0.4 is 0 Å². The molecule has 1 fully saturated rings. The van der Waals surface area contributed by atoms with Crippen molar-refractivity contribution in [3.63, 3.8) is 0 Å². The highest BCUT2D eigenvalue weighted by atomic mass is 16.6. The summed E-state index contributed by atoms with van der Waals surface area (Å²) in [7, 11) is 0. The molecule has 0 amide bonds. The number of nitro groups is 1. The number of nitro benzene ring substituents is 1. The number of nitrogens with zero attached hydrogens (tertiary/aromatic N) is 2. The molecule has 4 heteroatoms. The summed E-state index contributed by atoms with van der Waals surface area (Å²) in [6, 6.07) is 6.52. The molecular formula is C12H14N2O2. The summed E-state index contributed by atoms with van der Waals surface area (Å²) in [5, 5.41) is 10.6. The summed E-state index contributed by atoms with van der Waals surface area (Å²) >= 11 is 0. The minimum absolute atomic E-state index is 0.109. The molecule has 1 aromatic rings. The van der Waals surface area contributed by atoms with Crippen molar-refractivity contribution in [2.45, 2.75) is 32.1 Å². The molecule has 0 spiro atoms. The van der Waals surface area contributed by atoms with Crippen molar-refractivity contribution in [3.8, 4) is 0 Å². The molecule has 1 aliphatic carbocycles. The Hall–Kier alpha value is -1.71. The standard InChI is InChI=1S/C12H14N2O2/c15-14(16)12-8-4-7-11(9-12)13-10-5-2-1-3-6-10/h4,7-9H,1-3,5-6H2. The number of hydrogen-bond donors (Lipinski definition) is 0. The average molecular weight is 218 g/mol. The SMILES string of the molecule is O=[N+]([O-])c1cccc(N=C2CCCCC2)c1. The van der Waals surface area contributed by atoms with Crippen molar-refractivity contribution < 1.29 is 4.92 Å². The van der Waals surface area contributed by atoms with Gasteiger partial charge in [-0.25, -0.2) is 0 Å². The van der Waals surface area contributed by atoms with E-state index in [-0.39, 0.29) is 10.6 Å². The van der Waals surface area contributed by atoms with Crippen LogP contribution in [0.5, 0.6) is 0 Å². The number of rotatable bonds is 2. The van der Waals surface area contributed by atoms with Crippen LogP contribution in [0.3, 0.4) is 0 Å². The van der Waals surface area contributed by atoms with Crippen LogP contribution in [0.15, 0.2) is 29.3 Å². The molecule has 0 aromatic heterocycles. The van der Waals surface area contributed by atoms with Gasteiger partial charge >= 0.3 is 0 Å². The van der Waals surface area contributed by atoms with E-state index in [2.05, 4.69) is 4.99 Å². The maximum absolute atomic E-state index is 10.6. The van der Waals surface area contributed by atoms with Crippen molar-refractivity contribution in [1.29, 1.82) is 0 Å². The largest absolute Gasteiger partial charge is 0.271 e. The zero-order valence-electron chi connectivity index (χ0n) is 9.06. The van der Waals surface area contributed by atoms with E-state index in [1.54, 1.807) is 6.07 Å². The molecule has 1 saturated carbocycles. The zero-order valence-corrected chi connectivity index (χ0v) is 9.06. The summed E-state index contributed by atoms with van der Waals surface area (Å²) in [6.45, 7) is 0. The lowest BCUT2D eigenvalue weighted by Crippen LogP contribution is -2.03. The van der Waals surface area contributed by atoms with Crippen LogP contribution in [0.25, 0.3) is 0 Å². The third kappa shape index (κ3) is 2.66. The Kier molecular flexibility index (Phi) is 3.29. The van der Waals surface area contributed by atoms with E-state index in [4.69, 9.17) is 0 Å². The second kappa shape index (κ2) is 4.88. The van der Waals surface area contributed by atoms with Crippen LogP contribution in [0, 0.1) is 10.1 Å². The first-order valence-corrected chi connectivity index (χ1v) is 5.56. The van der Waals surface area contributed by atoms with E-state index in [1.807, 2.05) is 6.07 Å². The summed E-state index contributed by atoms with van der Waals surface area (Å²) in [5.41, 5.74) is 1.98. The molecule has 2 rings (SSSR count). The minimum Gasteiger partial charge on any atom is -0.258 e. The van der Waals surface area contributed by atoms with Gasteiger partial charge < -0.3 is 0 Å². The second-order valence-electron chi connectivity index (χ2n) is 4.02. The molecule has 0 N–H and O–H groups in total. The highest BCUT2D eigenvalue weighted by molar-refractivity contribution is 5.87. The summed E-state index contributed by atoms with van der Waals surface area (Å²) in [4.78, 5) is 14.7.